The molecule has 1 aliphatic heterocycles. The highest BCUT2D eigenvalue weighted by Crippen LogP contribution is 2.17. The van der Waals surface area contributed by atoms with E-state index in [1.165, 1.54) is 4.90 Å². The van der Waals surface area contributed by atoms with Gasteiger partial charge >= 0.3 is 0 Å². The van der Waals surface area contributed by atoms with Gasteiger partial charge in [-0.25, -0.2) is 0 Å². The highest BCUT2D eigenvalue weighted by atomic mass is 35.5. The molecular weight excluding hydrogens is 154 g/mol. The van der Waals surface area contributed by atoms with E-state index in [9.17, 15) is 9.59 Å². The molecule has 1 rings (SSSR count). The van der Waals surface area contributed by atoms with Crippen LogP contribution in [0.1, 0.15) is 12.8 Å². The van der Waals surface area contributed by atoms with Crippen LogP contribution in [-0.2, 0) is 9.59 Å². The van der Waals surface area contributed by atoms with Crippen molar-refractivity contribution in [2.45, 2.75) is 18.9 Å². The molecule has 0 N–H and O–H groups in total. The molecule has 1 aliphatic rings. The fraction of sp³-hybridized carbons (Fsp3) is 0.667. The molecule has 56 valence electrons. The zero-order chi connectivity index (χ0) is 7.72. The minimum absolute atomic E-state index is 0.000926. The predicted molar refractivity (Wildman–Crippen MR) is 36.7 cm³/mol. The molecule has 1 unspecified atom stereocenters. The number of halogens is 1. The van der Waals surface area contributed by atoms with Gasteiger partial charge in [0.2, 0.25) is 11.1 Å². The molecule has 0 radical (unpaired) electrons. The molecule has 4 heteroatoms. The Bertz CT molecular complexity index is 181. The first kappa shape index (κ1) is 7.54. The van der Waals surface area contributed by atoms with Crippen molar-refractivity contribution in [1.29, 1.82) is 0 Å². The number of likely N-dealkylation sites (tertiary alicyclic amines) is 1. The number of hydrogen-bond acceptors (Lipinski definition) is 2. The van der Waals surface area contributed by atoms with Crippen molar-refractivity contribution in [3.63, 3.8) is 0 Å². The third-order valence-corrected chi connectivity index (χ3v) is 2.01. The van der Waals surface area contributed by atoms with Crippen molar-refractivity contribution >= 4 is 22.8 Å². The van der Waals surface area contributed by atoms with Crippen LogP contribution in [0.4, 0.5) is 0 Å². The molecule has 0 aromatic rings. The third kappa shape index (κ3) is 1.14. The summed E-state index contributed by atoms with van der Waals surface area (Å²) in [5, 5.41) is -0.437. The van der Waals surface area contributed by atoms with Gasteiger partial charge in [-0.3, -0.25) is 9.59 Å². The standard InChI is InChI=1S/C6H8ClNO2/c1-8-4(6(7)10)2-3-5(8)9/h4H,2-3H2,1H3. The average molecular weight is 162 g/mol. The van der Waals surface area contributed by atoms with Gasteiger partial charge in [0.1, 0.15) is 6.04 Å². The van der Waals surface area contributed by atoms with Gasteiger partial charge in [-0.05, 0) is 18.0 Å². The molecule has 0 aromatic heterocycles. The van der Waals surface area contributed by atoms with Crippen LogP contribution in [0.2, 0.25) is 0 Å². The fourth-order valence-corrected chi connectivity index (χ4v) is 1.33. The van der Waals surface area contributed by atoms with Gasteiger partial charge in [-0.2, -0.15) is 0 Å². The van der Waals surface area contributed by atoms with E-state index in [1.807, 2.05) is 0 Å². The summed E-state index contributed by atoms with van der Waals surface area (Å²) in [5.74, 6) is -0.000926. The maximum atomic E-state index is 10.8. The van der Waals surface area contributed by atoms with E-state index in [0.29, 0.717) is 12.8 Å². The summed E-state index contributed by atoms with van der Waals surface area (Å²) in [7, 11) is 1.60. The van der Waals surface area contributed by atoms with Gasteiger partial charge < -0.3 is 4.90 Å². The van der Waals surface area contributed by atoms with Gasteiger partial charge in [0.05, 0.1) is 0 Å². The lowest BCUT2D eigenvalue weighted by Crippen LogP contribution is -2.32. The zero-order valence-electron chi connectivity index (χ0n) is 5.63. The van der Waals surface area contributed by atoms with E-state index in [-0.39, 0.29) is 11.9 Å². The first-order valence-corrected chi connectivity index (χ1v) is 3.45. The van der Waals surface area contributed by atoms with Crippen molar-refractivity contribution in [3.8, 4) is 0 Å². The second-order valence-corrected chi connectivity index (χ2v) is 2.74. The second kappa shape index (κ2) is 2.58. The number of hydrogen-bond donors (Lipinski definition) is 0. The predicted octanol–water partition coefficient (Wildman–Crippen LogP) is 0.373. The fourth-order valence-electron chi connectivity index (χ4n) is 1.07. The summed E-state index contributed by atoms with van der Waals surface area (Å²) in [5.41, 5.74) is 0. The summed E-state index contributed by atoms with van der Waals surface area (Å²) in [6, 6.07) is -0.380. The molecule has 1 atom stereocenters. The highest BCUT2D eigenvalue weighted by molar-refractivity contribution is 6.64. The summed E-state index contributed by atoms with van der Waals surface area (Å²) in [6.45, 7) is 0. The molecule has 0 saturated carbocycles. The van der Waals surface area contributed by atoms with Crippen LogP contribution < -0.4 is 0 Å². The largest absolute Gasteiger partial charge is 0.334 e. The lowest BCUT2D eigenvalue weighted by atomic mass is 10.2. The van der Waals surface area contributed by atoms with E-state index in [4.69, 9.17) is 11.6 Å². The lowest BCUT2D eigenvalue weighted by molar-refractivity contribution is -0.130. The Morgan fingerprint density at radius 1 is 1.80 bits per heavy atom. The molecule has 0 spiro atoms. The van der Waals surface area contributed by atoms with Crippen LogP contribution >= 0.6 is 11.6 Å². The van der Waals surface area contributed by atoms with Gasteiger partial charge in [0.15, 0.2) is 0 Å². The topological polar surface area (TPSA) is 37.4 Å². The van der Waals surface area contributed by atoms with E-state index >= 15 is 0 Å². The Morgan fingerprint density at radius 2 is 2.40 bits per heavy atom. The first-order valence-electron chi connectivity index (χ1n) is 3.08. The monoisotopic (exact) mass is 161 g/mol. The van der Waals surface area contributed by atoms with Crippen molar-refractivity contribution in [3.05, 3.63) is 0 Å². The normalized spacial score (nSPS) is 25.6. The minimum Gasteiger partial charge on any atom is -0.334 e. The van der Waals surface area contributed by atoms with E-state index in [0.717, 1.165) is 0 Å². The van der Waals surface area contributed by atoms with Crippen LogP contribution in [0.15, 0.2) is 0 Å². The van der Waals surface area contributed by atoms with Gasteiger partial charge in [0.25, 0.3) is 0 Å². The van der Waals surface area contributed by atoms with Gasteiger partial charge in [-0.15, -0.1) is 0 Å². The molecule has 1 amide bonds. The van der Waals surface area contributed by atoms with E-state index in [1.54, 1.807) is 7.05 Å². The number of rotatable bonds is 1. The minimum atomic E-state index is -0.437. The summed E-state index contributed by atoms with van der Waals surface area (Å²) in [6.07, 6.45) is 1.01. The quantitative estimate of drug-likeness (QED) is 0.522. The van der Waals surface area contributed by atoms with Gasteiger partial charge in [0, 0.05) is 13.5 Å². The average Bonchev–Trinajstić information content (AvgIpc) is 2.14. The molecule has 1 heterocycles. The Hall–Kier alpha value is -0.570. The first-order chi connectivity index (χ1) is 4.63. The Morgan fingerprint density at radius 3 is 2.60 bits per heavy atom. The smallest absolute Gasteiger partial charge is 0.244 e. The molecule has 0 bridgehead atoms. The second-order valence-electron chi connectivity index (χ2n) is 2.36. The van der Waals surface area contributed by atoms with Crippen LogP contribution in [0.25, 0.3) is 0 Å². The SMILES string of the molecule is CN1C(=O)CCC1C(=O)Cl. The summed E-state index contributed by atoms with van der Waals surface area (Å²) < 4.78 is 0. The number of carbonyl (C=O) groups is 2. The van der Waals surface area contributed by atoms with Crippen molar-refractivity contribution in [2.24, 2.45) is 0 Å². The molecule has 1 saturated heterocycles. The lowest BCUT2D eigenvalue weighted by Gasteiger charge is -2.14. The van der Waals surface area contributed by atoms with Crippen molar-refractivity contribution in [2.75, 3.05) is 7.05 Å². The van der Waals surface area contributed by atoms with Crippen LogP contribution in [0, 0.1) is 0 Å². The van der Waals surface area contributed by atoms with Crippen LogP contribution in [0.3, 0.4) is 0 Å². The summed E-state index contributed by atoms with van der Waals surface area (Å²) >= 11 is 5.21. The Kier molecular flexibility index (Phi) is 1.94. The highest BCUT2D eigenvalue weighted by Gasteiger charge is 2.31. The molecule has 0 aliphatic carbocycles. The molecular formula is C6H8ClNO2. The molecule has 3 nitrogen and oxygen atoms in total. The maximum Gasteiger partial charge on any atom is 0.244 e. The Labute approximate surface area is 63.9 Å². The number of carbonyl (C=O) groups excluding carboxylic acids is 2. The van der Waals surface area contributed by atoms with Gasteiger partial charge in [-0.1, -0.05) is 0 Å². The van der Waals surface area contributed by atoms with Crippen LogP contribution in [0.5, 0.6) is 0 Å². The Balaban J connectivity index is 2.66. The van der Waals surface area contributed by atoms with Crippen molar-refractivity contribution < 1.29 is 9.59 Å². The number of nitrogens with zero attached hydrogens (tertiary/aromatic N) is 1. The number of amides is 1. The van der Waals surface area contributed by atoms with Crippen LogP contribution in [-0.4, -0.2) is 29.1 Å². The molecule has 1 fully saturated rings. The van der Waals surface area contributed by atoms with Crippen molar-refractivity contribution in [1.82, 2.24) is 4.90 Å². The summed E-state index contributed by atoms with van der Waals surface area (Å²) in [4.78, 5) is 22.8. The molecule has 10 heavy (non-hydrogen) atoms. The molecule has 0 aromatic carbocycles. The van der Waals surface area contributed by atoms with E-state index in [2.05, 4.69) is 0 Å². The van der Waals surface area contributed by atoms with E-state index < -0.39 is 5.24 Å². The third-order valence-electron chi connectivity index (χ3n) is 1.75. The zero-order valence-corrected chi connectivity index (χ0v) is 6.39. The number of likely N-dealkylation sites (N-methyl/N-ethyl adjacent to an activating group) is 1. The maximum absolute atomic E-state index is 10.8.